The van der Waals surface area contributed by atoms with Crippen molar-refractivity contribution in [2.75, 3.05) is 6.61 Å². The Labute approximate surface area is 130 Å². The van der Waals surface area contributed by atoms with Gasteiger partial charge in [-0.25, -0.2) is 13.6 Å². The Bertz CT molecular complexity index is 605. The van der Waals surface area contributed by atoms with Crippen LogP contribution in [-0.2, 0) is 10.0 Å². The third-order valence-electron chi connectivity index (χ3n) is 3.89. The first-order valence-electron chi connectivity index (χ1n) is 6.85. The third-order valence-corrected chi connectivity index (χ3v) is 5.10. The topological polar surface area (TPSA) is 89.6 Å². The normalized spacial score (nSPS) is 26.6. The minimum absolute atomic E-state index is 0.0337. The van der Waals surface area contributed by atoms with Gasteiger partial charge in [-0.05, 0) is 56.7 Å². The monoisotopic (exact) mass is 333 g/mol. The molecule has 1 aliphatic carbocycles. The van der Waals surface area contributed by atoms with E-state index in [1.807, 2.05) is 6.92 Å². The Kier molecular flexibility index (Phi) is 4.82. The van der Waals surface area contributed by atoms with Crippen LogP contribution in [0, 0.1) is 5.92 Å². The predicted octanol–water partition coefficient (Wildman–Crippen LogP) is 2.31. The summed E-state index contributed by atoms with van der Waals surface area (Å²) < 4.78 is 28.1. The van der Waals surface area contributed by atoms with Gasteiger partial charge >= 0.3 is 0 Å². The number of nitrogens with two attached hydrogens (primary N) is 1. The lowest BCUT2D eigenvalue weighted by Gasteiger charge is -2.32. The highest BCUT2D eigenvalue weighted by atomic mass is 35.5. The SMILES string of the molecule is C[C@]1(O)CC[C@@H](COc2ccc(S(N)(=O)=O)cc2Cl)CC1. The highest BCUT2D eigenvalue weighted by Crippen LogP contribution is 2.33. The molecule has 118 valence electrons. The molecule has 0 bridgehead atoms. The van der Waals surface area contributed by atoms with E-state index in [-0.39, 0.29) is 9.92 Å². The predicted molar refractivity (Wildman–Crippen MR) is 80.9 cm³/mol. The fourth-order valence-electron chi connectivity index (χ4n) is 2.45. The maximum Gasteiger partial charge on any atom is 0.238 e. The Balaban J connectivity index is 1.95. The van der Waals surface area contributed by atoms with E-state index < -0.39 is 15.6 Å². The zero-order valence-electron chi connectivity index (χ0n) is 11.9. The molecule has 5 nitrogen and oxygen atoms in total. The fraction of sp³-hybridized carbons (Fsp3) is 0.571. The van der Waals surface area contributed by atoms with Crippen molar-refractivity contribution in [3.8, 4) is 5.75 Å². The molecule has 1 aromatic rings. The van der Waals surface area contributed by atoms with Crippen molar-refractivity contribution in [3.63, 3.8) is 0 Å². The molecule has 0 saturated heterocycles. The highest BCUT2D eigenvalue weighted by Gasteiger charge is 2.29. The minimum Gasteiger partial charge on any atom is -0.492 e. The number of hydrogen-bond acceptors (Lipinski definition) is 4. The Morgan fingerprint density at radius 1 is 1.43 bits per heavy atom. The molecule has 0 unspecified atom stereocenters. The number of hydrogen-bond donors (Lipinski definition) is 2. The fourth-order valence-corrected chi connectivity index (χ4v) is 3.29. The maximum atomic E-state index is 11.2. The molecule has 0 radical (unpaired) electrons. The van der Waals surface area contributed by atoms with Crippen molar-refractivity contribution < 1.29 is 18.3 Å². The smallest absolute Gasteiger partial charge is 0.238 e. The summed E-state index contributed by atoms with van der Waals surface area (Å²) in [6, 6.07) is 4.18. The van der Waals surface area contributed by atoms with Crippen molar-refractivity contribution in [3.05, 3.63) is 23.2 Å². The molecule has 0 heterocycles. The Hall–Kier alpha value is -0.820. The molecule has 0 amide bonds. The molecule has 0 aliphatic heterocycles. The highest BCUT2D eigenvalue weighted by molar-refractivity contribution is 7.89. The molecule has 7 heteroatoms. The van der Waals surface area contributed by atoms with Gasteiger partial charge in [-0.2, -0.15) is 0 Å². The van der Waals surface area contributed by atoms with E-state index in [2.05, 4.69) is 0 Å². The molecule has 1 fully saturated rings. The zero-order valence-corrected chi connectivity index (χ0v) is 13.5. The van der Waals surface area contributed by atoms with Gasteiger partial charge in [0.2, 0.25) is 10.0 Å². The van der Waals surface area contributed by atoms with Gasteiger partial charge in [0.25, 0.3) is 0 Å². The van der Waals surface area contributed by atoms with Gasteiger partial charge in [-0.1, -0.05) is 11.6 Å². The minimum atomic E-state index is -3.76. The second-order valence-corrected chi connectivity index (χ2v) is 7.86. The van der Waals surface area contributed by atoms with Crippen LogP contribution in [0.4, 0.5) is 0 Å². The molecule has 21 heavy (non-hydrogen) atoms. The third kappa shape index (κ3) is 4.57. The summed E-state index contributed by atoms with van der Waals surface area (Å²) in [5.74, 6) is 0.820. The second-order valence-electron chi connectivity index (χ2n) is 5.89. The average molecular weight is 334 g/mol. The van der Waals surface area contributed by atoms with E-state index in [1.54, 1.807) is 0 Å². The molecule has 1 aliphatic rings. The molecule has 0 spiro atoms. The summed E-state index contributed by atoms with van der Waals surface area (Å²) in [6.45, 7) is 2.36. The van der Waals surface area contributed by atoms with Crippen LogP contribution in [0.3, 0.4) is 0 Å². The number of primary sulfonamides is 1. The molecule has 3 N–H and O–H groups in total. The number of halogens is 1. The van der Waals surface area contributed by atoms with Crippen LogP contribution >= 0.6 is 11.6 Å². The van der Waals surface area contributed by atoms with Gasteiger partial charge < -0.3 is 9.84 Å². The molecule has 2 rings (SSSR count). The summed E-state index contributed by atoms with van der Waals surface area (Å²) in [7, 11) is -3.76. The van der Waals surface area contributed by atoms with Gasteiger partial charge in [0.15, 0.2) is 0 Å². The molecule has 0 atom stereocenters. The van der Waals surface area contributed by atoms with Crippen LogP contribution in [0.1, 0.15) is 32.6 Å². The Morgan fingerprint density at radius 2 is 2.05 bits per heavy atom. The molecular weight excluding hydrogens is 314 g/mol. The molecular formula is C14H20ClNO4S. The lowest BCUT2D eigenvalue weighted by atomic mass is 9.80. The summed E-state index contributed by atoms with van der Waals surface area (Å²) in [4.78, 5) is -0.0337. The lowest BCUT2D eigenvalue weighted by Crippen LogP contribution is -2.32. The summed E-state index contributed by atoms with van der Waals surface area (Å²) in [5, 5.41) is 15.2. The van der Waals surface area contributed by atoms with E-state index in [0.29, 0.717) is 18.3 Å². The van der Waals surface area contributed by atoms with Gasteiger partial charge in [0, 0.05) is 0 Å². The van der Waals surface area contributed by atoms with Crippen molar-refractivity contribution in [1.82, 2.24) is 0 Å². The standard InChI is InChI=1S/C14H20ClNO4S/c1-14(17)6-4-10(5-7-14)9-20-13-3-2-11(8-12(13)15)21(16,18)19/h2-3,8,10,17H,4-7,9H2,1H3,(H2,16,18,19)/t10-,14+. The van der Waals surface area contributed by atoms with Crippen LogP contribution in [0.15, 0.2) is 23.1 Å². The van der Waals surface area contributed by atoms with Crippen molar-refractivity contribution in [2.45, 2.75) is 43.1 Å². The van der Waals surface area contributed by atoms with Crippen LogP contribution in [0.2, 0.25) is 5.02 Å². The van der Waals surface area contributed by atoms with E-state index >= 15 is 0 Å². The molecule has 1 saturated carbocycles. The van der Waals surface area contributed by atoms with Gasteiger partial charge in [0.05, 0.1) is 22.1 Å². The van der Waals surface area contributed by atoms with E-state index in [4.69, 9.17) is 21.5 Å². The summed E-state index contributed by atoms with van der Waals surface area (Å²) >= 11 is 6.01. The average Bonchev–Trinajstić information content (AvgIpc) is 2.37. The zero-order chi connectivity index (χ0) is 15.7. The number of sulfonamides is 1. The van der Waals surface area contributed by atoms with E-state index in [1.165, 1.54) is 18.2 Å². The van der Waals surface area contributed by atoms with Crippen LogP contribution in [0.25, 0.3) is 0 Å². The number of aliphatic hydroxyl groups is 1. The summed E-state index contributed by atoms with van der Waals surface area (Å²) in [5.41, 5.74) is -0.564. The van der Waals surface area contributed by atoms with E-state index in [9.17, 15) is 13.5 Å². The van der Waals surface area contributed by atoms with Crippen molar-refractivity contribution in [1.29, 1.82) is 0 Å². The van der Waals surface area contributed by atoms with Crippen LogP contribution in [-0.4, -0.2) is 25.7 Å². The first-order chi connectivity index (χ1) is 9.67. The molecule has 0 aromatic heterocycles. The number of rotatable bonds is 4. The van der Waals surface area contributed by atoms with Crippen LogP contribution in [0.5, 0.6) is 5.75 Å². The number of ether oxygens (including phenoxy) is 1. The summed E-state index contributed by atoms with van der Waals surface area (Å²) in [6.07, 6.45) is 3.33. The van der Waals surface area contributed by atoms with Gasteiger partial charge in [-0.3, -0.25) is 0 Å². The first-order valence-corrected chi connectivity index (χ1v) is 8.77. The lowest BCUT2D eigenvalue weighted by molar-refractivity contribution is 0.00153. The second kappa shape index (κ2) is 6.12. The van der Waals surface area contributed by atoms with Gasteiger partial charge in [0.1, 0.15) is 5.75 Å². The quantitative estimate of drug-likeness (QED) is 0.884. The maximum absolute atomic E-state index is 11.2. The van der Waals surface area contributed by atoms with Crippen LogP contribution < -0.4 is 9.88 Å². The Morgan fingerprint density at radius 3 is 2.57 bits per heavy atom. The largest absolute Gasteiger partial charge is 0.492 e. The van der Waals surface area contributed by atoms with E-state index in [0.717, 1.165) is 25.7 Å². The van der Waals surface area contributed by atoms with Gasteiger partial charge in [-0.15, -0.1) is 0 Å². The first kappa shape index (κ1) is 16.5. The van der Waals surface area contributed by atoms with Crippen molar-refractivity contribution >= 4 is 21.6 Å². The van der Waals surface area contributed by atoms with Crippen molar-refractivity contribution in [2.24, 2.45) is 11.1 Å². The molecule has 1 aromatic carbocycles. The number of benzene rings is 1.